The van der Waals surface area contributed by atoms with E-state index in [1.165, 1.54) is 9.80 Å². The number of amides is 3. The molecule has 8 nitrogen and oxygen atoms in total. The average Bonchev–Trinajstić information content (AvgIpc) is 3.40. The Balaban J connectivity index is 1.59. The molecule has 1 unspecified atom stereocenters. The molecule has 4 rings (SSSR count). The van der Waals surface area contributed by atoms with Crippen LogP contribution in [-0.4, -0.2) is 52.9 Å². The molecule has 36 heavy (non-hydrogen) atoms. The molecule has 2 aromatic carbocycles. The fraction of sp³-hybridized carbons (Fsp3) is 0.429. The zero-order chi connectivity index (χ0) is 25.9. The van der Waals surface area contributed by atoms with Crippen LogP contribution in [0.5, 0.6) is 0 Å². The van der Waals surface area contributed by atoms with Crippen molar-refractivity contribution in [3.8, 4) is 6.07 Å². The summed E-state index contributed by atoms with van der Waals surface area (Å²) in [5, 5.41) is 12.9. The van der Waals surface area contributed by atoms with Gasteiger partial charge in [0.1, 0.15) is 18.7 Å². The lowest BCUT2D eigenvalue weighted by atomic mass is 9.80. The number of nitrogens with one attached hydrogen (secondary N) is 1. The average molecular weight is 489 g/mol. The lowest BCUT2D eigenvalue weighted by Crippen LogP contribution is -2.53. The fourth-order valence-corrected chi connectivity index (χ4v) is 5.26. The van der Waals surface area contributed by atoms with Crippen molar-refractivity contribution in [2.75, 3.05) is 18.4 Å². The molecule has 2 aliphatic heterocycles. The number of ether oxygens (including phenoxy) is 1. The van der Waals surface area contributed by atoms with Crippen LogP contribution in [0.25, 0.3) is 0 Å². The number of fused-ring (bicyclic) bond motifs is 2. The third-order valence-corrected chi connectivity index (χ3v) is 7.05. The number of nitrogens with zero attached hydrogens (tertiary/aromatic N) is 3. The molecule has 1 fully saturated rings. The van der Waals surface area contributed by atoms with Gasteiger partial charge in [-0.25, -0.2) is 4.79 Å². The van der Waals surface area contributed by atoms with Crippen LogP contribution in [0.4, 0.5) is 10.5 Å². The van der Waals surface area contributed by atoms with Crippen LogP contribution in [0.15, 0.2) is 54.6 Å². The molecule has 2 heterocycles. The normalized spacial score (nSPS) is 21.1. The Morgan fingerprint density at radius 2 is 1.89 bits per heavy atom. The first kappa shape index (κ1) is 25.2. The molecule has 1 spiro atoms. The maximum absolute atomic E-state index is 14.0. The van der Waals surface area contributed by atoms with E-state index >= 15 is 0 Å². The second-order valence-corrected chi connectivity index (χ2v) is 9.87. The number of benzene rings is 2. The van der Waals surface area contributed by atoms with Crippen molar-refractivity contribution < 1.29 is 19.1 Å². The van der Waals surface area contributed by atoms with Crippen LogP contribution in [0.2, 0.25) is 0 Å². The molecule has 0 aromatic heterocycles. The molecule has 1 saturated heterocycles. The predicted octanol–water partition coefficient (Wildman–Crippen LogP) is 4.07. The monoisotopic (exact) mass is 488 g/mol. The molecule has 2 aliphatic rings. The first-order valence-electron chi connectivity index (χ1n) is 12.4. The van der Waals surface area contributed by atoms with Gasteiger partial charge in [0.25, 0.3) is 0 Å². The van der Waals surface area contributed by atoms with Crippen molar-refractivity contribution in [3.05, 3.63) is 65.7 Å². The summed E-state index contributed by atoms with van der Waals surface area (Å²) in [6.07, 6.45) is 0.0564. The molecule has 0 saturated carbocycles. The summed E-state index contributed by atoms with van der Waals surface area (Å²) < 4.78 is 5.55. The SMILES string of the molecule is CCN(C(=O)OCc1ccccc1)[C@@H](CC(C)C)C(=O)N1C[C@]2(CC1C#N)C(=O)Nc1ccccc12. The minimum atomic E-state index is -0.972. The third-order valence-electron chi connectivity index (χ3n) is 7.05. The Morgan fingerprint density at radius 3 is 2.56 bits per heavy atom. The Bertz CT molecular complexity index is 1180. The minimum Gasteiger partial charge on any atom is -0.445 e. The fourth-order valence-electron chi connectivity index (χ4n) is 5.26. The van der Waals surface area contributed by atoms with Crippen LogP contribution < -0.4 is 5.32 Å². The highest BCUT2D eigenvalue weighted by Crippen LogP contribution is 2.46. The van der Waals surface area contributed by atoms with Gasteiger partial charge >= 0.3 is 6.09 Å². The number of carbonyl (C=O) groups excluding carboxylic acids is 3. The molecule has 8 heteroatoms. The Labute approximate surface area is 211 Å². The predicted molar refractivity (Wildman–Crippen MR) is 135 cm³/mol. The molecule has 0 radical (unpaired) electrons. The Kier molecular flexibility index (Phi) is 7.30. The van der Waals surface area contributed by atoms with Gasteiger partial charge in [-0.3, -0.25) is 14.5 Å². The molecule has 0 bridgehead atoms. The van der Waals surface area contributed by atoms with Crippen LogP contribution in [0.1, 0.15) is 44.7 Å². The van der Waals surface area contributed by atoms with Crippen LogP contribution in [-0.2, 0) is 26.3 Å². The quantitative estimate of drug-likeness (QED) is 0.633. The standard InChI is InChI=1S/C28H32N4O4/c1-4-31(27(35)36-17-20-10-6-5-7-11-20)24(14-19(2)3)25(33)32-18-28(15-21(32)16-29)22-12-8-9-13-23(22)30-26(28)34/h5-13,19,21,24H,4,14-15,17-18H2,1-3H3,(H,30,34)/t21?,24-,28-/m0/s1. The van der Waals surface area contributed by atoms with Gasteiger partial charge < -0.3 is 15.0 Å². The second-order valence-electron chi connectivity index (χ2n) is 9.87. The maximum atomic E-state index is 14.0. The van der Waals surface area contributed by atoms with Gasteiger partial charge in [0.05, 0.1) is 11.5 Å². The van der Waals surface area contributed by atoms with Crippen molar-refractivity contribution in [2.45, 2.75) is 57.7 Å². The second kappa shape index (κ2) is 10.4. The number of anilines is 1. The van der Waals surface area contributed by atoms with E-state index in [-0.39, 0.29) is 43.8 Å². The van der Waals surface area contributed by atoms with E-state index in [0.717, 1.165) is 11.1 Å². The summed E-state index contributed by atoms with van der Waals surface area (Å²) in [5.41, 5.74) is 1.40. The van der Waals surface area contributed by atoms with Crippen molar-refractivity contribution in [1.29, 1.82) is 5.26 Å². The van der Waals surface area contributed by atoms with Crippen LogP contribution in [0, 0.1) is 17.2 Å². The minimum absolute atomic E-state index is 0.0954. The van der Waals surface area contributed by atoms with Crippen LogP contribution >= 0.6 is 0 Å². The number of nitriles is 1. The number of hydrogen-bond acceptors (Lipinski definition) is 5. The van der Waals surface area contributed by atoms with Crippen molar-refractivity contribution in [3.63, 3.8) is 0 Å². The van der Waals surface area contributed by atoms with E-state index in [9.17, 15) is 19.6 Å². The number of likely N-dealkylation sites (N-methyl/N-ethyl adjacent to an activating group) is 1. The van der Waals surface area contributed by atoms with E-state index < -0.39 is 23.6 Å². The van der Waals surface area contributed by atoms with E-state index in [1.807, 2.05) is 68.4 Å². The van der Waals surface area contributed by atoms with Crippen LogP contribution in [0.3, 0.4) is 0 Å². The molecule has 3 amide bonds. The molecular weight excluding hydrogens is 456 g/mol. The van der Waals surface area contributed by atoms with E-state index in [1.54, 1.807) is 6.92 Å². The first-order chi connectivity index (χ1) is 17.3. The van der Waals surface area contributed by atoms with Crippen molar-refractivity contribution >= 4 is 23.6 Å². The molecule has 0 aliphatic carbocycles. The summed E-state index contributed by atoms with van der Waals surface area (Å²) in [4.78, 5) is 43.1. The summed E-state index contributed by atoms with van der Waals surface area (Å²) >= 11 is 0. The zero-order valence-corrected chi connectivity index (χ0v) is 20.9. The summed E-state index contributed by atoms with van der Waals surface area (Å²) in [7, 11) is 0. The van der Waals surface area contributed by atoms with Gasteiger partial charge in [0.15, 0.2) is 0 Å². The topological polar surface area (TPSA) is 103 Å². The highest BCUT2D eigenvalue weighted by molar-refractivity contribution is 6.07. The largest absolute Gasteiger partial charge is 0.445 e. The van der Waals surface area contributed by atoms with Gasteiger partial charge in [-0.1, -0.05) is 62.4 Å². The number of rotatable bonds is 7. The highest BCUT2D eigenvalue weighted by Gasteiger charge is 2.56. The molecule has 2 aromatic rings. The van der Waals surface area contributed by atoms with E-state index in [4.69, 9.17) is 4.74 Å². The number of para-hydroxylation sites is 1. The number of likely N-dealkylation sites (tertiary alicyclic amines) is 1. The third kappa shape index (κ3) is 4.66. The van der Waals surface area contributed by atoms with Gasteiger partial charge in [-0.05, 0) is 36.5 Å². The lowest BCUT2D eigenvalue weighted by molar-refractivity contribution is -0.137. The number of carbonyl (C=O) groups is 3. The Morgan fingerprint density at radius 1 is 1.19 bits per heavy atom. The molecule has 1 N–H and O–H groups in total. The summed E-state index contributed by atoms with van der Waals surface area (Å²) in [6, 6.07) is 17.4. The zero-order valence-electron chi connectivity index (χ0n) is 20.9. The maximum Gasteiger partial charge on any atom is 0.410 e. The Hall–Kier alpha value is -3.86. The molecule has 3 atom stereocenters. The number of hydrogen-bond donors (Lipinski definition) is 1. The molecular formula is C28H32N4O4. The summed E-state index contributed by atoms with van der Waals surface area (Å²) in [5.74, 6) is -0.417. The smallest absolute Gasteiger partial charge is 0.410 e. The van der Waals surface area contributed by atoms with Crippen molar-refractivity contribution in [2.24, 2.45) is 5.92 Å². The van der Waals surface area contributed by atoms with Crippen molar-refractivity contribution in [1.82, 2.24) is 9.80 Å². The van der Waals surface area contributed by atoms with E-state index in [2.05, 4.69) is 11.4 Å². The van der Waals surface area contributed by atoms with E-state index in [0.29, 0.717) is 12.1 Å². The summed E-state index contributed by atoms with van der Waals surface area (Å²) in [6.45, 7) is 6.24. The molecule has 188 valence electrons. The highest BCUT2D eigenvalue weighted by atomic mass is 16.6. The lowest BCUT2D eigenvalue weighted by Gasteiger charge is -2.34. The van der Waals surface area contributed by atoms with Gasteiger partial charge in [-0.2, -0.15) is 5.26 Å². The van der Waals surface area contributed by atoms with Gasteiger partial charge in [0, 0.05) is 25.2 Å². The van der Waals surface area contributed by atoms with Gasteiger partial charge in [-0.15, -0.1) is 0 Å². The first-order valence-corrected chi connectivity index (χ1v) is 12.4. The van der Waals surface area contributed by atoms with Gasteiger partial charge in [0.2, 0.25) is 11.8 Å².